The van der Waals surface area contributed by atoms with Crippen LogP contribution in [0.4, 0.5) is 0 Å². The molecule has 3 nitrogen and oxygen atoms in total. The van der Waals surface area contributed by atoms with Crippen molar-refractivity contribution >= 4 is 0 Å². The Kier molecular flexibility index (Phi) is 7.81. The van der Waals surface area contributed by atoms with Gasteiger partial charge in [0.2, 0.25) is 0 Å². The molecule has 0 aliphatic carbocycles. The van der Waals surface area contributed by atoms with Crippen molar-refractivity contribution in [3.05, 3.63) is 0 Å². The van der Waals surface area contributed by atoms with Crippen LogP contribution >= 0.6 is 0 Å². The van der Waals surface area contributed by atoms with Crippen LogP contribution in [0.1, 0.15) is 33.1 Å². The number of hydrogen-bond donors (Lipinski definition) is 1. The fourth-order valence-corrected chi connectivity index (χ4v) is 1.99. The summed E-state index contributed by atoms with van der Waals surface area (Å²) in [5.41, 5.74) is 0. The van der Waals surface area contributed by atoms with Crippen molar-refractivity contribution in [2.75, 3.05) is 39.5 Å². The molecule has 0 amide bonds. The molecule has 1 saturated heterocycles. The average molecular weight is 229 g/mol. The van der Waals surface area contributed by atoms with Crippen LogP contribution in [0.25, 0.3) is 0 Å². The zero-order valence-corrected chi connectivity index (χ0v) is 10.8. The van der Waals surface area contributed by atoms with E-state index >= 15 is 0 Å². The third-order valence-electron chi connectivity index (χ3n) is 3.39. The molecule has 0 aromatic heterocycles. The molecule has 1 N–H and O–H groups in total. The number of rotatable bonds is 9. The normalized spacial score (nSPS) is 20.8. The average Bonchev–Trinajstić information content (AvgIpc) is 2.81. The van der Waals surface area contributed by atoms with Crippen molar-refractivity contribution in [1.82, 2.24) is 5.32 Å². The Bertz CT molecular complexity index is 148. The SMILES string of the molecule is CCC(CC)CNCCOCC1CCOC1. The third-order valence-corrected chi connectivity index (χ3v) is 3.39. The lowest BCUT2D eigenvalue weighted by atomic mass is 10.0. The largest absolute Gasteiger partial charge is 0.381 e. The van der Waals surface area contributed by atoms with Crippen LogP contribution in [0.5, 0.6) is 0 Å². The van der Waals surface area contributed by atoms with Gasteiger partial charge in [-0.3, -0.25) is 0 Å². The molecule has 1 fully saturated rings. The molecule has 0 aromatic carbocycles. The Hall–Kier alpha value is -0.120. The van der Waals surface area contributed by atoms with Gasteiger partial charge in [0.15, 0.2) is 0 Å². The van der Waals surface area contributed by atoms with Gasteiger partial charge in [-0.15, -0.1) is 0 Å². The molecule has 0 aromatic rings. The summed E-state index contributed by atoms with van der Waals surface area (Å²) in [4.78, 5) is 0. The summed E-state index contributed by atoms with van der Waals surface area (Å²) in [6, 6.07) is 0. The van der Waals surface area contributed by atoms with E-state index in [1.54, 1.807) is 0 Å². The maximum absolute atomic E-state index is 5.62. The Morgan fingerprint density at radius 3 is 2.81 bits per heavy atom. The standard InChI is InChI=1S/C13H27NO2/c1-3-12(4-2)9-14-6-8-16-11-13-5-7-15-10-13/h12-14H,3-11H2,1-2H3. The van der Waals surface area contributed by atoms with Gasteiger partial charge < -0.3 is 14.8 Å². The van der Waals surface area contributed by atoms with E-state index < -0.39 is 0 Å². The zero-order chi connectivity index (χ0) is 11.6. The number of ether oxygens (including phenoxy) is 2. The van der Waals surface area contributed by atoms with Crippen molar-refractivity contribution < 1.29 is 9.47 Å². The van der Waals surface area contributed by atoms with Crippen LogP contribution in [0.2, 0.25) is 0 Å². The van der Waals surface area contributed by atoms with Gasteiger partial charge in [-0.2, -0.15) is 0 Å². The summed E-state index contributed by atoms with van der Waals surface area (Å²) in [5.74, 6) is 1.46. The van der Waals surface area contributed by atoms with Gasteiger partial charge in [0.05, 0.1) is 19.8 Å². The highest BCUT2D eigenvalue weighted by Crippen LogP contribution is 2.11. The van der Waals surface area contributed by atoms with E-state index in [1.807, 2.05) is 0 Å². The first-order valence-corrected chi connectivity index (χ1v) is 6.73. The van der Waals surface area contributed by atoms with Gasteiger partial charge in [0, 0.05) is 19.1 Å². The lowest BCUT2D eigenvalue weighted by molar-refractivity contribution is 0.0909. The molecule has 16 heavy (non-hydrogen) atoms. The molecule has 1 aliphatic rings. The molecule has 1 heterocycles. The van der Waals surface area contributed by atoms with Crippen LogP contribution in [0.3, 0.4) is 0 Å². The van der Waals surface area contributed by atoms with E-state index in [9.17, 15) is 0 Å². The van der Waals surface area contributed by atoms with E-state index in [4.69, 9.17) is 9.47 Å². The molecule has 1 atom stereocenters. The molecule has 1 rings (SSSR count). The lowest BCUT2D eigenvalue weighted by Gasteiger charge is -2.13. The Morgan fingerprint density at radius 2 is 2.19 bits per heavy atom. The molecule has 1 unspecified atom stereocenters. The van der Waals surface area contributed by atoms with Crippen LogP contribution in [0.15, 0.2) is 0 Å². The Morgan fingerprint density at radius 1 is 1.38 bits per heavy atom. The van der Waals surface area contributed by atoms with Crippen molar-refractivity contribution in [2.24, 2.45) is 11.8 Å². The highest BCUT2D eigenvalue weighted by atomic mass is 16.5. The first-order valence-electron chi connectivity index (χ1n) is 6.73. The molecule has 0 radical (unpaired) electrons. The first-order chi connectivity index (χ1) is 7.86. The number of hydrogen-bond acceptors (Lipinski definition) is 3. The molecule has 0 saturated carbocycles. The minimum absolute atomic E-state index is 0.638. The summed E-state index contributed by atoms with van der Waals surface area (Å²) in [6.45, 7) is 10.1. The van der Waals surface area contributed by atoms with Gasteiger partial charge in [-0.05, 0) is 18.9 Å². The Balaban J connectivity index is 1.84. The van der Waals surface area contributed by atoms with Gasteiger partial charge in [0.1, 0.15) is 0 Å². The molecule has 0 spiro atoms. The van der Waals surface area contributed by atoms with E-state index in [0.717, 1.165) is 45.4 Å². The highest BCUT2D eigenvalue weighted by Gasteiger charge is 2.15. The summed E-state index contributed by atoms with van der Waals surface area (Å²) < 4.78 is 10.9. The van der Waals surface area contributed by atoms with Crippen LogP contribution < -0.4 is 5.32 Å². The minimum Gasteiger partial charge on any atom is -0.381 e. The predicted octanol–water partition coefficient (Wildman–Crippen LogP) is 2.07. The molecule has 3 heteroatoms. The predicted molar refractivity (Wildman–Crippen MR) is 66.7 cm³/mol. The zero-order valence-electron chi connectivity index (χ0n) is 10.8. The first kappa shape index (κ1) is 13.9. The Labute approximate surface area is 99.9 Å². The molecule has 0 bridgehead atoms. The topological polar surface area (TPSA) is 30.5 Å². The molecular weight excluding hydrogens is 202 g/mol. The van der Waals surface area contributed by atoms with Crippen molar-refractivity contribution in [2.45, 2.75) is 33.1 Å². The van der Waals surface area contributed by atoms with E-state index in [-0.39, 0.29) is 0 Å². The fourth-order valence-electron chi connectivity index (χ4n) is 1.99. The lowest BCUT2D eigenvalue weighted by Crippen LogP contribution is -2.26. The maximum Gasteiger partial charge on any atom is 0.0591 e. The van der Waals surface area contributed by atoms with E-state index in [1.165, 1.54) is 19.3 Å². The van der Waals surface area contributed by atoms with E-state index in [2.05, 4.69) is 19.2 Å². The van der Waals surface area contributed by atoms with Crippen molar-refractivity contribution in [3.8, 4) is 0 Å². The highest BCUT2D eigenvalue weighted by molar-refractivity contribution is 4.63. The quantitative estimate of drug-likeness (QED) is 0.614. The van der Waals surface area contributed by atoms with Crippen LogP contribution in [-0.4, -0.2) is 39.5 Å². The third kappa shape index (κ3) is 5.83. The molecule has 96 valence electrons. The monoisotopic (exact) mass is 229 g/mol. The van der Waals surface area contributed by atoms with Crippen LogP contribution in [0, 0.1) is 11.8 Å². The smallest absolute Gasteiger partial charge is 0.0591 e. The minimum atomic E-state index is 0.638. The van der Waals surface area contributed by atoms with Gasteiger partial charge in [0.25, 0.3) is 0 Å². The summed E-state index contributed by atoms with van der Waals surface area (Å²) in [5, 5.41) is 3.46. The summed E-state index contributed by atoms with van der Waals surface area (Å²) in [6.07, 6.45) is 3.70. The molecular formula is C13H27NO2. The second-order valence-corrected chi connectivity index (χ2v) is 4.69. The van der Waals surface area contributed by atoms with E-state index in [0.29, 0.717) is 5.92 Å². The van der Waals surface area contributed by atoms with Gasteiger partial charge >= 0.3 is 0 Å². The molecule has 1 aliphatic heterocycles. The maximum atomic E-state index is 5.62. The van der Waals surface area contributed by atoms with Crippen molar-refractivity contribution in [1.29, 1.82) is 0 Å². The van der Waals surface area contributed by atoms with Crippen LogP contribution in [-0.2, 0) is 9.47 Å². The fraction of sp³-hybridized carbons (Fsp3) is 1.00. The van der Waals surface area contributed by atoms with Gasteiger partial charge in [-0.25, -0.2) is 0 Å². The second-order valence-electron chi connectivity index (χ2n) is 4.69. The van der Waals surface area contributed by atoms with Gasteiger partial charge in [-0.1, -0.05) is 26.7 Å². The number of nitrogens with one attached hydrogen (secondary N) is 1. The summed E-state index contributed by atoms with van der Waals surface area (Å²) >= 11 is 0. The summed E-state index contributed by atoms with van der Waals surface area (Å²) in [7, 11) is 0. The van der Waals surface area contributed by atoms with Crippen molar-refractivity contribution in [3.63, 3.8) is 0 Å². The second kappa shape index (κ2) is 8.97.